The fourth-order valence-electron chi connectivity index (χ4n) is 2.21. The predicted molar refractivity (Wildman–Crippen MR) is 103 cm³/mol. The molecule has 2 rings (SSSR count). The summed E-state index contributed by atoms with van der Waals surface area (Å²) in [6.07, 6.45) is 3.59. The maximum atomic E-state index is 12.2. The molecule has 0 heterocycles. The average molecular weight is 380 g/mol. The van der Waals surface area contributed by atoms with Crippen LogP contribution in [0, 0.1) is 0 Å². The monoisotopic (exact) mass is 380 g/mol. The Labute approximate surface area is 163 Å². The van der Waals surface area contributed by atoms with Crippen molar-refractivity contribution in [2.75, 3.05) is 6.61 Å². The first kappa shape index (κ1) is 20.6. The number of rotatable bonds is 9. The standard InChI is InChI=1S/C22H20O6/c1-3-20(23)26-15-5-6-16-7-11-19(12-8-16)28-22(25)17-9-13-18(14-10-17)27-21(24)4-2/h3-4,7-14H,1-2,5-6,15H2. The third-order valence-corrected chi connectivity index (χ3v) is 3.63. The van der Waals surface area contributed by atoms with E-state index < -0.39 is 17.9 Å². The van der Waals surface area contributed by atoms with Gasteiger partial charge in [0.05, 0.1) is 12.2 Å². The van der Waals surface area contributed by atoms with Gasteiger partial charge >= 0.3 is 17.9 Å². The number of ether oxygens (including phenoxy) is 3. The highest BCUT2D eigenvalue weighted by Crippen LogP contribution is 2.17. The lowest BCUT2D eigenvalue weighted by molar-refractivity contribution is -0.137. The summed E-state index contributed by atoms with van der Waals surface area (Å²) in [6.45, 7) is 6.97. The molecule has 28 heavy (non-hydrogen) atoms. The molecule has 0 spiro atoms. The molecule has 0 N–H and O–H groups in total. The van der Waals surface area contributed by atoms with Gasteiger partial charge in [0.2, 0.25) is 0 Å². The fraction of sp³-hybridized carbons (Fsp3) is 0.136. The second kappa shape index (κ2) is 10.5. The van der Waals surface area contributed by atoms with Crippen LogP contribution in [0.3, 0.4) is 0 Å². The number of hydrogen-bond acceptors (Lipinski definition) is 6. The van der Waals surface area contributed by atoms with Gasteiger partial charge in [-0.25, -0.2) is 14.4 Å². The summed E-state index contributed by atoms with van der Waals surface area (Å²) < 4.78 is 15.2. The van der Waals surface area contributed by atoms with E-state index in [1.165, 1.54) is 24.3 Å². The second-order valence-corrected chi connectivity index (χ2v) is 5.66. The molecule has 0 aliphatic carbocycles. The van der Waals surface area contributed by atoms with Crippen LogP contribution in [0.2, 0.25) is 0 Å². The quantitative estimate of drug-likeness (QED) is 0.286. The van der Waals surface area contributed by atoms with Crippen molar-refractivity contribution in [3.8, 4) is 11.5 Å². The molecule has 0 saturated carbocycles. The smallest absolute Gasteiger partial charge is 0.343 e. The van der Waals surface area contributed by atoms with Crippen molar-refractivity contribution >= 4 is 17.9 Å². The maximum absolute atomic E-state index is 12.2. The van der Waals surface area contributed by atoms with Crippen LogP contribution in [-0.2, 0) is 20.7 Å². The van der Waals surface area contributed by atoms with Gasteiger partial charge in [0.25, 0.3) is 0 Å². The molecular formula is C22H20O6. The molecule has 0 aliphatic heterocycles. The summed E-state index contributed by atoms with van der Waals surface area (Å²) in [5, 5.41) is 0. The van der Waals surface area contributed by atoms with Crippen LogP contribution in [0.15, 0.2) is 73.8 Å². The Bertz CT molecular complexity index is 850. The topological polar surface area (TPSA) is 78.9 Å². The Morgan fingerprint density at radius 1 is 0.786 bits per heavy atom. The lowest BCUT2D eigenvalue weighted by Gasteiger charge is -2.07. The zero-order valence-corrected chi connectivity index (χ0v) is 15.3. The summed E-state index contributed by atoms with van der Waals surface area (Å²) in [5.74, 6) is -0.812. The molecule has 0 bridgehead atoms. The molecule has 2 aromatic rings. The van der Waals surface area contributed by atoms with Crippen LogP contribution < -0.4 is 9.47 Å². The van der Waals surface area contributed by atoms with Gasteiger partial charge in [0, 0.05) is 12.2 Å². The van der Waals surface area contributed by atoms with Crippen LogP contribution in [0.5, 0.6) is 11.5 Å². The molecule has 0 aliphatic rings. The summed E-state index contributed by atoms with van der Waals surface area (Å²) in [7, 11) is 0. The van der Waals surface area contributed by atoms with Crippen molar-refractivity contribution in [2.24, 2.45) is 0 Å². The maximum Gasteiger partial charge on any atom is 0.343 e. The van der Waals surface area contributed by atoms with Crippen molar-refractivity contribution in [3.63, 3.8) is 0 Å². The van der Waals surface area contributed by atoms with Gasteiger partial charge < -0.3 is 14.2 Å². The van der Waals surface area contributed by atoms with Crippen molar-refractivity contribution < 1.29 is 28.6 Å². The predicted octanol–water partition coefficient (Wildman–Crippen LogP) is 3.66. The van der Waals surface area contributed by atoms with E-state index in [4.69, 9.17) is 14.2 Å². The molecule has 6 heteroatoms. The van der Waals surface area contributed by atoms with E-state index >= 15 is 0 Å². The molecule has 0 radical (unpaired) electrons. The first-order valence-corrected chi connectivity index (χ1v) is 8.56. The Morgan fingerprint density at radius 2 is 1.36 bits per heavy atom. The number of carbonyl (C=O) groups excluding carboxylic acids is 3. The molecule has 2 aromatic carbocycles. The van der Waals surface area contributed by atoms with Crippen LogP contribution in [0.25, 0.3) is 0 Å². The minimum Gasteiger partial charge on any atom is -0.463 e. The lowest BCUT2D eigenvalue weighted by Crippen LogP contribution is -2.09. The van der Waals surface area contributed by atoms with Gasteiger partial charge in [-0.1, -0.05) is 25.3 Å². The first-order chi connectivity index (χ1) is 13.5. The fourth-order valence-corrected chi connectivity index (χ4v) is 2.21. The van der Waals surface area contributed by atoms with Crippen molar-refractivity contribution in [2.45, 2.75) is 12.8 Å². The van der Waals surface area contributed by atoms with Gasteiger partial charge in [-0.3, -0.25) is 0 Å². The molecular weight excluding hydrogens is 360 g/mol. The first-order valence-electron chi connectivity index (χ1n) is 8.56. The Morgan fingerprint density at radius 3 is 1.96 bits per heavy atom. The van der Waals surface area contributed by atoms with Gasteiger partial charge in [-0.05, 0) is 54.8 Å². The summed E-state index contributed by atoms with van der Waals surface area (Å²) in [5.41, 5.74) is 1.36. The van der Waals surface area contributed by atoms with Crippen LogP contribution in [-0.4, -0.2) is 24.5 Å². The molecule has 144 valence electrons. The summed E-state index contributed by atoms with van der Waals surface area (Å²) in [4.78, 5) is 34.3. The van der Waals surface area contributed by atoms with Gasteiger partial charge in [0.15, 0.2) is 0 Å². The zero-order chi connectivity index (χ0) is 20.4. The largest absolute Gasteiger partial charge is 0.463 e. The summed E-state index contributed by atoms with van der Waals surface area (Å²) >= 11 is 0. The van der Waals surface area contributed by atoms with E-state index in [-0.39, 0.29) is 0 Å². The molecule has 6 nitrogen and oxygen atoms in total. The number of hydrogen-bond donors (Lipinski definition) is 0. The number of aryl methyl sites for hydroxylation is 1. The highest BCUT2D eigenvalue weighted by molar-refractivity contribution is 5.91. The molecule has 0 amide bonds. The van der Waals surface area contributed by atoms with E-state index in [1.54, 1.807) is 12.1 Å². The van der Waals surface area contributed by atoms with E-state index in [2.05, 4.69) is 13.2 Å². The normalized spacial score (nSPS) is 9.86. The molecule has 0 unspecified atom stereocenters. The number of carbonyl (C=O) groups is 3. The highest BCUT2D eigenvalue weighted by Gasteiger charge is 2.09. The Balaban J connectivity index is 1.85. The van der Waals surface area contributed by atoms with Gasteiger partial charge in [-0.2, -0.15) is 0 Å². The Hall–Kier alpha value is -3.67. The molecule has 0 fully saturated rings. The Kier molecular flexibility index (Phi) is 7.72. The van der Waals surface area contributed by atoms with E-state index in [9.17, 15) is 14.4 Å². The van der Waals surface area contributed by atoms with Gasteiger partial charge in [0.1, 0.15) is 11.5 Å². The zero-order valence-electron chi connectivity index (χ0n) is 15.3. The van der Waals surface area contributed by atoms with E-state index in [0.717, 1.165) is 24.1 Å². The lowest BCUT2D eigenvalue weighted by atomic mass is 10.1. The van der Waals surface area contributed by atoms with E-state index in [0.29, 0.717) is 30.1 Å². The van der Waals surface area contributed by atoms with Crippen molar-refractivity contribution in [3.05, 3.63) is 85.0 Å². The summed E-state index contributed by atoms with van der Waals surface area (Å²) in [6, 6.07) is 13.1. The third-order valence-electron chi connectivity index (χ3n) is 3.63. The molecule has 0 saturated heterocycles. The van der Waals surface area contributed by atoms with Crippen LogP contribution in [0.1, 0.15) is 22.3 Å². The minimum absolute atomic E-state index is 0.310. The second-order valence-electron chi connectivity index (χ2n) is 5.66. The van der Waals surface area contributed by atoms with Gasteiger partial charge in [-0.15, -0.1) is 0 Å². The van der Waals surface area contributed by atoms with Crippen LogP contribution in [0.4, 0.5) is 0 Å². The van der Waals surface area contributed by atoms with Crippen molar-refractivity contribution in [1.29, 1.82) is 0 Å². The number of benzene rings is 2. The van der Waals surface area contributed by atoms with E-state index in [1.807, 2.05) is 12.1 Å². The third kappa shape index (κ3) is 6.57. The van der Waals surface area contributed by atoms with Crippen LogP contribution >= 0.6 is 0 Å². The molecule has 0 aromatic heterocycles. The minimum atomic E-state index is -0.575. The average Bonchev–Trinajstić information content (AvgIpc) is 2.72. The van der Waals surface area contributed by atoms with Crippen molar-refractivity contribution in [1.82, 2.24) is 0 Å². The number of esters is 3. The SMILES string of the molecule is C=CC(=O)OCCCc1ccc(OC(=O)c2ccc(OC(=O)C=C)cc2)cc1. The molecule has 0 atom stereocenters. The highest BCUT2D eigenvalue weighted by atomic mass is 16.5.